The Hall–Kier alpha value is -0.0200. The van der Waals surface area contributed by atoms with Gasteiger partial charge in [-0.25, -0.2) is 0 Å². The molecular weight excluding hydrogens is 184 g/mol. The SMILES string of the molecule is CC(C)C(=O)CSCC1CCCO1. The van der Waals surface area contributed by atoms with Crippen LogP contribution in [0.15, 0.2) is 0 Å². The summed E-state index contributed by atoms with van der Waals surface area (Å²) in [5.41, 5.74) is 0. The zero-order valence-corrected chi connectivity index (χ0v) is 9.23. The van der Waals surface area contributed by atoms with E-state index in [1.54, 1.807) is 11.8 Å². The minimum absolute atomic E-state index is 0.178. The highest BCUT2D eigenvalue weighted by atomic mass is 32.2. The van der Waals surface area contributed by atoms with Gasteiger partial charge in [0.15, 0.2) is 0 Å². The molecule has 0 aromatic rings. The van der Waals surface area contributed by atoms with E-state index in [4.69, 9.17) is 4.74 Å². The van der Waals surface area contributed by atoms with Crippen LogP contribution in [0.25, 0.3) is 0 Å². The lowest BCUT2D eigenvalue weighted by atomic mass is 10.1. The molecule has 1 aliphatic heterocycles. The van der Waals surface area contributed by atoms with Gasteiger partial charge < -0.3 is 4.74 Å². The summed E-state index contributed by atoms with van der Waals surface area (Å²) in [6, 6.07) is 0. The standard InChI is InChI=1S/C10H18O2S/c1-8(2)10(11)7-13-6-9-4-3-5-12-9/h8-9H,3-7H2,1-2H3. The van der Waals surface area contributed by atoms with Gasteiger partial charge in [0.1, 0.15) is 5.78 Å². The molecule has 0 aliphatic carbocycles. The van der Waals surface area contributed by atoms with Crippen molar-refractivity contribution in [1.29, 1.82) is 0 Å². The van der Waals surface area contributed by atoms with E-state index in [2.05, 4.69) is 0 Å². The largest absolute Gasteiger partial charge is 0.377 e. The Morgan fingerprint density at radius 3 is 2.92 bits per heavy atom. The third-order valence-electron chi connectivity index (χ3n) is 2.22. The fourth-order valence-corrected chi connectivity index (χ4v) is 2.41. The fourth-order valence-electron chi connectivity index (χ4n) is 1.23. The quantitative estimate of drug-likeness (QED) is 0.683. The number of hydrogen-bond acceptors (Lipinski definition) is 3. The molecule has 1 rings (SSSR count). The molecular formula is C10H18O2S. The monoisotopic (exact) mass is 202 g/mol. The number of rotatable bonds is 5. The van der Waals surface area contributed by atoms with Crippen molar-refractivity contribution >= 4 is 17.5 Å². The van der Waals surface area contributed by atoms with Crippen molar-refractivity contribution in [1.82, 2.24) is 0 Å². The van der Waals surface area contributed by atoms with Gasteiger partial charge in [0.05, 0.1) is 11.9 Å². The van der Waals surface area contributed by atoms with Crippen molar-refractivity contribution < 1.29 is 9.53 Å². The molecule has 1 aliphatic rings. The van der Waals surface area contributed by atoms with Crippen LogP contribution >= 0.6 is 11.8 Å². The van der Waals surface area contributed by atoms with Gasteiger partial charge in [-0.3, -0.25) is 4.79 Å². The second-order valence-corrected chi connectivity index (χ2v) is 4.80. The number of Topliss-reactive ketones (excluding diaryl/α,β-unsaturated/α-hetero) is 1. The second-order valence-electron chi connectivity index (χ2n) is 3.77. The van der Waals surface area contributed by atoms with Crippen LogP contribution in [0, 0.1) is 5.92 Å². The summed E-state index contributed by atoms with van der Waals surface area (Å²) in [4.78, 5) is 11.3. The van der Waals surface area contributed by atoms with Crippen LogP contribution in [-0.4, -0.2) is 30.0 Å². The molecule has 0 amide bonds. The molecule has 76 valence electrons. The molecule has 0 aromatic heterocycles. The van der Waals surface area contributed by atoms with E-state index in [1.165, 1.54) is 12.8 Å². The molecule has 1 saturated heterocycles. The Labute approximate surface area is 84.4 Å². The van der Waals surface area contributed by atoms with Crippen LogP contribution < -0.4 is 0 Å². The molecule has 1 atom stereocenters. The summed E-state index contributed by atoms with van der Waals surface area (Å²) in [6.45, 7) is 4.81. The highest BCUT2D eigenvalue weighted by Crippen LogP contribution is 2.17. The summed E-state index contributed by atoms with van der Waals surface area (Å²) in [5, 5.41) is 0. The maximum absolute atomic E-state index is 11.3. The third kappa shape index (κ3) is 4.14. The lowest BCUT2D eigenvalue weighted by molar-refractivity contribution is -0.119. The minimum Gasteiger partial charge on any atom is -0.377 e. The van der Waals surface area contributed by atoms with E-state index in [0.717, 1.165) is 12.4 Å². The summed E-state index contributed by atoms with van der Waals surface area (Å²) >= 11 is 1.71. The number of ether oxygens (including phenoxy) is 1. The maximum Gasteiger partial charge on any atom is 0.145 e. The van der Waals surface area contributed by atoms with Crippen molar-refractivity contribution in [3.05, 3.63) is 0 Å². The maximum atomic E-state index is 11.3. The molecule has 0 bridgehead atoms. The summed E-state index contributed by atoms with van der Waals surface area (Å²) in [6.07, 6.45) is 2.76. The molecule has 0 spiro atoms. The molecule has 1 heterocycles. The van der Waals surface area contributed by atoms with Gasteiger partial charge in [-0.05, 0) is 12.8 Å². The van der Waals surface area contributed by atoms with Crippen molar-refractivity contribution in [2.75, 3.05) is 18.1 Å². The molecule has 0 aromatic carbocycles. The zero-order valence-electron chi connectivity index (χ0n) is 8.41. The van der Waals surface area contributed by atoms with Gasteiger partial charge in [-0.1, -0.05) is 13.8 Å². The smallest absolute Gasteiger partial charge is 0.145 e. The van der Waals surface area contributed by atoms with E-state index >= 15 is 0 Å². The Morgan fingerprint density at radius 2 is 2.38 bits per heavy atom. The van der Waals surface area contributed by atoms with Crippen molar-refractivity contribution in [2.45, 2.75) is 32.8 Å². The molecule has 0 N–H and O–H groups in total. The van der Waals surface area contributed by atoms with Crippen LogP contribution in [-0.2, 0) is 9.53 Å². The Balaban J connectivity index is 2.03. The lowest BCUT2D eigenvalue weighted by Crippen LogP contribution is -2.13. The Morgan fingerprint density at radius 1 is 1.62 bits per heavy atom. The molecule has 1 fully saturated rings. The van der Waals surface area contributed by atoms with Gasteiger partial charge in [0.25, 0.3) is 0 Å². The molecule has 13 heavy (non-hydrogen) atoms. The molecule has 0 saturated carbocycles. The molecule has 3 heteroatoms. The van der Waals surface area contributed by atoms with Crippen LogP contribution in [0.3, 0.4) is 0 Å². The highest BCUT2D eigenvalue weighted by molar-refractivity contribution is 8.00. The minimum atomic E-state index is 0.178. The number of carbonyl (C=O) groups excluding carboxylic acids is 1. The van der Waals surface area contributed by atoms with Crippen molar-refractivity contribution in [3.8, 4) is 0 Å². The first-order chi connectivity index (χ1) is 6.20. The Bertz CT molecular complexity index is 162. The van der Waals surface area contributed by atoms with E-state index in [9.17, 15) is 4.79 Å². The van der Waals surface area contributed by atoms with Crippen LogP contribution in [0.1, 0.15) is 26.7 Å². The topological polar surface area (TPSA) is 26.3 Å². The van der Waals surface area contributed by atoms with E-state index < -0.39 is 0 Å². The Kier molecular flexibility index (Phi) is 4.81. The first-order valence-corrected chi connectivity index (χ1v) is 6.07. The second kappa shape index (κ2) is 5.66. The van der Waals surface area contributed by atoms with Crippen molar-refractivity contribution in [2.24, 2.45) is 5.92 Å². The van der Waals surface area contributed by atoms with Crippen molar-refractivity contribution in [3.63, 3.8) is 0 Å². The highest BCUT2D eigenvalue weighted by Gasteiger charge is 2.16. The first-order valence-electron chi connectivity index (χ1n) is 4.92. The van der Waals surface area contributed by atoms with Gasteiger partial charge in [0, 0.05) is 18.3 Å². The molecule has 2 nitrogen and oxygen atoms in total. The predicted octanol–water partition coefficient (Wildman–Crippen LogP) is 2.12. The zero-order chi connectivity index (χ0) is 9.68. The lowest BCUT2D eigenvalue weighted by Gasteiger charge is -2.08. The normalized spacial score (nSPS) is 22.5. The summed E-state index contributed by atoms with van der Waals surface area (Å²) in [5.74, 6) is 2.16. The third-order valence-corrected chi connectivity index (χ3v) is 3.31. The molecule has 1 unspecified atom stereocenters. The average Bonchev–Trinajstić information content (AvgIpc) is 2.56. The average molecular weight is 202 g/mol. The predicted molar refractivity (Wildman–Crippen MR) is 56.1 cm³/mol. The number of thioether (sulfide) groups is 1. The number of ketones is 1. The first kappa shape index (κ1) is 11.1. The van der Waals surface area contributed by atoms with Gasteiger partial charge >= 0.3 is 0 Å². The van der Waals surface area contributed by atoms with E-state index in [1.807, 2.05) is 13.8 Å². The van der Waals surface area contributed by atoms with Gasteiger partial charge in [0.2, 0.25) is 0 Å². The van der Waals surface area contributed by atoms with Crippen LogP contribution in [0.2, 0.25) is 0 Å². The van der Waals surface area contributed by atoms with Gasteiger partial charge in [-0.2, -0.15) is 11.8 Å². The van der Waals surface area contributed by atoms with E-state index in [-0.39, 0.29) is 5.92 Å². The number of hydrogen-bond donors (Lipinski definition) is 0. The summed E-state index contributed by atoms with van der Waals surface area (Å²) < 4.78 is 5.46. The van der Waals surface area contributed by atoms with E-state index in [0.29, 0.717) is 17.6 Å². The molecule has 0 radical (unpaired) electrons. The summed E-state index contributed by atoms with van der Waals surface area (Å²) in [7, 11) is 0. The number of carbonyl (C=O) groups is 1. The fraction of sp³-hybridized carbons (Fsp3) is 0.900. The van der Waals surface area contributed by atoms with Crippen LogP contribution in [0.4, 0.5) is 0 Å². The van der Waals surface area contributed by atoms with Gasteiger partial charge in [-0.15, -0.1) is 0 Å². The van der Waals surface area contributed by atoms with Crippen LogP contribution in [0.5, 0.6) is 0 Å².